The fourth-order valence-corrected chi connectivity index (χ4v) is 2.58. The van der Waals surface area contributed by atoms with E-state index >= 15 is 0 Å². The van der Waals surface area contributed by atoms with Gasteiger partial charge < -0.3 is 10.6 Å². The Morgan fingerprint density at radius 2 is 2.30 bits per heavy atom. The third-order valence-corrected chi connectivity index (χ3v) is 3.68. The van der Waals surface area contributed by atoms with Crippen LogP contribution in [0.2, 0.25) is 0 Å². The van der Waals surface area contributed by atoms with E-state index in [1.165, 1.54) is 19.3 Å². The standard InChI is InChI=1S/C15H21N5/c1-11-18-15(20-19-11)12-5-4-7-13(9-12)17-10-14-6-2-3-8-16-14/h4-5,7,9,14,16-17H,2-3,6,8,10H2,1H3,(H,18,19,20). The Labute approximate surface area is 119 Å². The molecule has 1 aromatic carbocycles. The summed E-state index contributed by atoms with van der Waals surface area (Å²) in [6, 6.07) is 8.85. The van der Waals surface area contributed by atoms with E-state index in [-0.39, 0.29) is 0 Å². The summed E-state index contributed by atoms with van der Waals surface area (Å²) in [6.07, 6.45) is 3.89. The maximum absolute atomic E-state index is 4.37. The average Bonchev–Trinajstić information content (AvgIpc) is 2.93. The summed E-state index contributed by atoms with van der Waals surface area (Å²) in [4.78, 5) is 4.37. The van der Waals surface area contributed by atoms with Crippen LogP contribution in [0, 0.1) is 6.92 Å². The lowest BCUT2D eigenvalue weighted by Crippen LogP contribution is -2.39. The summed E-state index contributed by atoms with van der Waals surface area (Å²) < 4.78 is 0. The van der Waals surface area contributed by atoms with E-state index in [1.54, 1.807) is 0 Å². The van der Waals surface area contributed by atoms with Crippen molar-refractivity contribution in [3.63, 3.8) is 0 Å². The predicted octanol–water partition coefficient (Wildman–Crippen LogP) is 2.33. The Kier molecular flexibility index (Phi) is 3.97. The molecule has 20 heavy (non-hydrogen) atoms. The maximum Gasteiger partial charge on any atom is 0.181 e. The molecule has 0 bridgehead atoms. The van der Waals surface area contributed by atoms with Crippen LogP contribution in [0.4, 0.5) is 5.69 Å². The van der Waals surface area contributed by atoms with Gasteiger partial charge in [-0.2, -0.15) is 5.10 Å². The van der Waals surface area contributed by atoms with E-state index in [1.807, 2.05) is 19.1 Å². The van der Waals surface area contributed by atoms with Gasteiger partial charge in [0.15, 0.2) is 5.82 Å². The molecule has 1 saturated heterocycles. The second-order valence-electron chi connectivity index (χ2n) is 5.35. The first-order valence-electron chi connectivity index (χ1n) is 7.28. The van der Waals surface area contributed by atoms with Crippen molar-refractivity contribution in [1.29, 1.82) is 0 Å². The van der Waals surface area contributed by atoms with Gasteiger partial charge in [-0.15, -0.1) is 0 Å². The molecule has 106 valence electrons. The number of hydrogen-bond acceptors (Lipinski definition) is 4. The van der Waals surface area contributed by atoms with E-state index in [2.05, 4.69) is 37.9 Å². The molecule has 0 amide bonds. The van der Waals surface area contributed by atoms with Crippen LogP contribution in [0.3, 0.4) is 0 Å². The van der Waals surface area contributed by atoms with Crippen molar-refractivity contribution in [2.24, 2.45) is 0 Å². The van der Waals surface area contributed by atoms with Crippen molar-refractivity contribution in [1.82, 2.24) is 20.5 Å². The lowest BCUT2D eigenvalue weighted by molar-refractivity contribution is 0.414. The number of hydrogen-bond donors (Lipinski definition) is 3. The number of benzene rings is 1. The van der Waals surface area contributed by atoms with Crippen molar-refractivity contribution >= 4 is 5.69 Å². The molecule has 1 aliphatic rings. The number of aryl methyl sites for hydroxylation is 1. The SMILES string of the molecule is Cc1nc(-c2cccc(NCC3CCCCN3)c2)n[nH]1. The second-order valence-corrected chi connectivity index (χ2v) is 5.35. The molecule has 0 saturated carbocycles. The number of H-pyrrole nitrogens is 1. The highest BCUT2D eigenvalue weighted by Crippen LogP contribution is 2.19. The van der Waals surface area contributed by atoms with Crippen LogP contribution in [0.25, 0.3) is 11.4 Å². The van der Waals surface area contributed by atoms with Crippen LogP contribution in [-0.2, 0) is 0 Å². The molecule has 0 spiro atoms. The highest BCUT2D eigenvalue weighted by atomic mass is 15.2. The molecular weight excluding hydrogens is 250 g/mol. The summed E-state index contributed by atoms with van der Waals surface area (Å²) in [5.74, 6) is 1.59. The number of aromatic amines is 1. The summed E-state index contributed by atoms with van der Waals surface area (Å²) in [5.41, 5.74) is 2.16. The third-order valence-electron chi connectivity index (χ3n) is 3.68. The van der Waals surface area contributed by atoms with Gasteiger partial charge in [0.25, 0.3) is 0 Å². The van der Waals surface area contributed by atoms with Crippen molar-refractivity contribution in [2.45, 2.75) is 32.2 Å². The van der Waals surface area contributed by atoms with E-state index in [4.69, 9.17) is 0 Å². The fourth-order valence-electron chi connectivity index (χ4n) is 2.58. The summed E-state index contributed by atoms with van der Waals surface area (Å²) >= 11 is 0. The van der Waals surface area contributed by atoms with Crippen molar-refractivity contribution < 1.29 is 0 Å². The molecule has 1 aromatic heterocycles. The van der Waals surface area contributed by atoms with Crippen LogP contribution < -0.4 is 10.6 Å². The molecule has 3 rings (SSSR count). The van der Waals surface area contributed by atoms with E-state index in [0.717, 1.165) is 36.0 Å². The van der Waals surface area contributed by atoms with Crippen LogP contribution in [-0.4, -0.2) is 34.3 Å². The zero-order valence-electron chi connectivity index (χ0n) is 11.8. The zero-order valence-corrected chi connectivity index (χ0v) is 11.8. The number of anilines is 1. The Morgan fingerprint density at radius 3 is 3.05 bits per heavy atom. The molecule has 1 atom stereocenters. The third kappa shape index (κ3) is 3.17. The minimum atomic E-state index is 0.582. The molecule has 2 heterocycles. The van der Waals surface area contributed by atoms with Gasteiger partial charge in [0.2, 0.25) is 0 Å². The molecule has 0 radical (unpaired) electrons. The summed E-state index contributed by atoms with van der Waals surface area (Å²) in [5, 5.41) is 14.1. The van der Waals surface area contributed by atoms with Gasteiger partial charge in [-0.3, -0.25) is 5.10 Å². The smallest absolute Gasteiger partial charge is 0.181 e. The lowest BCUT2D eigenvalue weighted by Gasteiger charge is -2.24. The Hall–Kier alpha value is -1.88. The summed E-state index contributed by atoms with van der Waals surface area (Å²) in [6.45, 7) is 4.02. The first-order chi connectivity index (χ1) is 9.81. The van der Waals surface area contributed by atoms with Gasteiger partial charge >= 0.3 is 0 Å². The molecular formula is C15H21N5. The molecule has 3 N–H and O–H groups in total. The molecule has 0 aliphatic carbocycles. The van der Waals surface area contributed by atoms with Crippen LogP contribution in [0.5, 0.6) is 0 Å². The quantitative estimate of drug-likeness (QED) is 0.798. The molecule has 2 aromatic rings. The normalized spacial score (nSPS) is 18.9. The zero-order chi connectivity index (χ0) is 13.8. The van der Waals surface area contributed by atoms with Crippen LogP contribution >= 0.6 is 0 Å². The molecule has 5 nitrogen and oxygen atoms in total. The monoisotopic (exact) mass is 271 g/mol. The number of aromatic nitrogens is 3. The van der Waals surface area contributed by atoms with Gasteiger partial charge in [-0.1, -0.05) is 18.6 Å². The lowest BCUT2D eigenvalue weighted by atomic mass is 10.0. The van der Waals surface area contributed by atoms with Gasteiger partial charge in [-0.05, 0) is 38.4 Å². The average molecular weight is 271 g/mol. The largest absolute Gasteiger partial charge is 0.383 e. The van der Waals surface area contributed by atoms with E-state index in [0.29, 0.717) is 6.04 Å². The van der Waals surface area contributed by atoms with Gasteiger partial charge in [-0.25, -0.2) is 4.98 Å². The van der Waals surface area contributed by atoms with Crippen molar-refractivity contribution in [3.8, 4) is 11.4 Å². The summed E-state index contributed by atoms with van der Waals surface area (Å²) in [7, 11) is 0. The molecule has 1 fully saturated rings. The Balaban J connectivity index is 1.65. The predicted molar refractivity (Wildman–Crippen MR) is 80.7 cm³/mol. The van der Waals surface area contributed by atoms with Gasteiger partial charge in [0.05, 0.1) is 0 Å². The molecule has 5 heteroatoms. The van der Waals surface area contributed by atoms with Gasteiger partial charge in [0.1, 0.15) is 5.82 Å². The topological polar surface area (TPSA) is 65.6 Å². The first-order valence-corrected chi connectivity index (χ1v) is 7.28. The maximum atomic E-state index is 4.37. The Morgan fingerprint density at radius 1 is 1.35 bits per heavy atom. The highest BCUT2D eigenvalue weighted by Gasteiger charge is 2.12. The minimum absolute atomic E-state index is 0.582. The molecule has 1 unspecified atom stereocenters. The number of nitrogens with zero attached hydrogens (tertiary/aromatic N) is 2. The minimum Gasteiger partial charge on any atom is -0.383 e. The fraction of sp³-hybridized carbons (Fsp3) is 0.467. The highest BCUT2D eigenvalue weighted by molar-refractivity contribution is 5.62. The first kappa shape index (κ1) is 13.1. The van der Waals surface area contributed by atoms with E-state index < -0.39 is 0 Å². The number of piperidine rings is 1. The van der Waals surface area contributed by atoms with Crippen molar-refractivity contribution in [3.05, 3.63) is 30.1 Å². The van der Waals surface area contributed by atoms with Crippen molar-refractivity contribution in [2.75, 3.05) is 18.4 Å². The Bertz CT molecular complexity index is 557. The van der Waals surface area contributed by atoms with Crippen LogP contribution in [0.1, 0.15) is 25.1 Å². The van der Waals surface area contributed by atoms with Crippen LogP contribution in [0.15, 0.2) is 24.3 Å². The number of nitrogens with one attached hydrogen (secondary N) is 3. The van der Waals surface area contributed by atoms with Gasteiger partial charge in [0, 0.05) is 23.8 Å². The molecule has 1 aliphatic heterocycles. The number of rotatable bonds is 4. The van der Waals surface area contributed by atoms with E-state index in [9.17, 15) is 0 Å². The second kappa shape index (κ2) is 6.05.